The Kier molecular flexibility index (Phi) is 8.77. The first-order valence-corrected chi connectivity index (χ1v) is 19.2. The van der Waals surface area contributed by atoms with Gasteiger partial charge in [-0.2, -0.15) is 9.98 Å². The van der Waals surface area contributed by atoms with Crippen molar-refractivity contribution in [3.05, 3.63) is 240 Å². The Hall–Kier alpha value is -7.83. The lowest BCUT2D eigenvalue weighted by Gasteiger charge is -2.30. The molecule has 6 heteroatoms. The van der Waals surface area contributed by atoms with E-state index in [0.717, 1.165) is 49.7 Å². The topological polar surface area (TPSA) is 75.7 Å². The maximum absolute atomic E-state index is 13.9. The zero-order chi connectivity index (χ0) is 38.9. The van der Waals surface area contributed by atoms with Gasteiger partial charge in [-0.05, 0) is 57.3 Å². The Morgan fingerprint density at radius 3 is 1.59 bits per heavy atom. The largest absolute Gasteiger partial charge is 0.438 e. The number of aliphatic imine (C=N–C) groups is 4. The van der Waals surface area contributed by atoms with Crippen molar-refractivity contribution >= 4 is 40.0 Å². The molecule has 0 N–H and O–H groups in total. The van der Waals surface area contributed by atoms with Crippen LogP contribution in [0.5, 0.6) is 0 Å². The first kappa shape index (κ1) is 34.6. The Labute approximate surface area is 335 Å². The van der Waals surface area contributed by atoms with E-state index in [9.17, 15) is 4.79 Å². The summed E-state index contributed by atoms with van der Waals surface area (Å²) in [5, 5.41) is 2.27. The van der Waals surface area contributed by atoms with Gasteiger partial charge in [0, 0.05) is 33.4 Å². The van der Waals surface area contributed by atoms with Gasteiger partial charge >= 0.3 is 0 Å². The first-order valence-electron chi connectivity index (χ1n) is 19.2. The maximum atomic E-state index is 13.9. The van der Waals surface area contributed by atoms with Crippen LogP contribution in [-0.2, 0) is 10.5 Å². The summed E-state index contributed by atoms with van der Waals surface area (Å²) < 4.78 is 7.33. The van der Waals surface area contributed by atoms with E-state index in [2.05, 4.69) is 72.8 Å². The molecule has 274 valence electrons. The van der Waals surface area contributed by atoms with Crippen LogP contribution in [0.4, 0.5) is 0 Å². The summed E-state index contributed by atoms with van der Waals surface area (Å²) in [4.78, 5) is 34.6. The molecule has 0 spiro atoms. The molecule has 5 heterocycles. The molecule has 1 atom stereocenters. The van der Waals surface area contributed by atoms with Gasteiger partial charge in [0.15, 0.2) is 11.7 Å². The smallest absolute Gasteiger partial charge is 0.279 e. The fourth-order valence-corrected chi connectivity index (χ4v) is 7.67. The minimum atomic E-state index is -1.49. The minimum Gasteiger partial charge on any atom is -0.438 e. The summed E-state index contributed by atoms with van der Waals surface area (Å²) in [5.74, 6) is 0.504. The van der Waals surface area contributed by atoms with Crippen molar-refractivity contribution in [3.8, 4) is 22.3 Å². The van der Waals surface area contributed by atoms with Crippen LogP contribution in [0.15, 0.2) is 226 Å². The standard InChI is InChI=1S/C52H34N4O2/c57-50(41-17-7-2-8-18-41)54-48-39-31-27-35(28-32-39)44-25-13-21-37-22-14-26-45(46(37)44)36-29-33-40(34-30-36)49-53-47(38-15-5-1-6-16-38)52(56-49,43-23-11-4-12-24-43)58-51(55-48)42-19-9-3-10-20-42/h1-34H. The van der Waals surface area contributed by atoms with Gasteiger partial charge in [-0.1, -0.05) is 182 Å². The quantitative estimate of drug-likeness (QED) is 0.180. The van der Waals surface area contributed by atoms with Crippen LogP contribution in [0, 0.1) is 0 Å². The average molecular weight is 747 g/mol. The molecule has 0 aliphatic carbocycles. The summed E-state index contributed by atoms with van der Waals surface area (Å²) in [6.07, 6.45) is 0. The molecule has 1 unspecified atom stereocenters. The Morgan fingerprint density at radius 2 is 0.983 bits per heavy atom. The van der Waals surface area contributed by atoms with Crippen LogP contribution < -0.4 is 0 Å². The van der Waals surface area contributed by atoms with Gasteiger partial charge in [0.25, 0.3) is 11.6 Å². The molecule has 58 heavy (non-hydrogen) atoms. The van der Waals surface area contributed by atoms with Crippen LogP contribution in [-0.4, -0.2) is 29.2 Å². The Balaban J connectivity index is 1.29. The zero-order valence-corrected chi connectivity index (χ0v) is 31.2. The van der Waals surface area contributed by atoms with Gasteiger partial charge in [-0.25, -0.2) is 9.98 Å². The van der Waals surface area contributed by atoms with E-state index in [4.69, 9.17) is 24.7 Å². The predicted molar refractivity (Wildman–Crippen MR) is 234 cm³/mol. The summed E-state index contributed by atoms with van der Waals surface area (Å²) in [5.41, 5.74) is 7.60. The molecule has 8 aromatic rings. The predicted octanol–water partition coefficient (Wildman–Crippen LogP) is 11.3. The molecule has 0 fully saturated rings. The Bertz CT molecular complexity index is 2940. The molecule has 5 aliphatic heterocycles. The number of benzene rings is 8. The van der Waals surface area contributed by atoms with Crippen LogP contribution in [0.1, 0.15) is 38.2 Å². The van der Waals surface area contributed by atoms with Gasteiger partial charge in [0.05, 0.1) is 0 Å². The number of hydrogen-bond donors (Lipinski definition) is 0. The number of amidine groups is 2. The molecule has 6 bridgehead atoms. The van der Waals surface area contributed by atoms with E-state index in [-0.39, 0.29) is 11.7 Å². The summed E-state index contributed by atoms with van der Waals surface area (Å²) >= 11 is 0. The highest BCUT2D eigenvalue weighted by molar-refractivity contribution is 6.22. The SMILES string of the molecule is O=C(N=C1N=C(c2ccccc2)OC2(c3ccccc3)N=C(N=C2c2ccccc2)c2ccc(cc2)-c2cccc3cccc(c23)-c2ccc1cc2)c1ccccc1. The second-order valence-electron chi connectivity index (χ2n) is 14.1. The number of nitrogens with zero attached hydrogens (tertiary/aromatic N) is 4. The van der Waals surface area contributed by atoms with Crippen molar-refractivity contribution in [2.45, 2.75) is 5.72 Å². The maximum Gasteiger partial charge on any atom is 0.279 e. The Morgan fingerprint density at radius 1 is 0.466 bits per heavy atom. The number of ether oxygens (including phenoxy) is 1. The fourth-order valence-electron chi connectivity index (χ4n) is 7.67. The second-order valence-corrected chi connectivity index (χ2v) is 14.1. The number of hydrogen-bond acceptors (Lipinski definition) is 4. The third-order valence-electron chi connectivity index (χ3n) is 10.5. The molecule has 8 aromatic carbocycles. The fraction of sp³-hybridized carbons (Fsp3) is 0.0192. The number of carbonyl (C=O) groups excluding carboxylic acids is 1. The van der Waals surface area contributed by atoms with Crippen molar-refractivity contribution in [2.75, 3.05) is 0 Å². The van der Waals surface area contributed by atoms with Crippen LogP contribution >= 0.6 is 0 Å². The minimum absolute atomic E-state index is 0.192. The normalized spacial score (nSPS) is 16.6. The molecule has 1 amide bonds. The van der Waals surface area contributed by atoms with E-state index in [1.165, 1.54) is 0 Å². The summed E-state index contributed by atoms with van der Waals surface area (Å²) in [6, 6.07) is 67.8. The van der Waals surface area contributed by atoms with Gasteiger partial charge in [0.2, 0.25) is 5.90 Å². The highest BCUT2D eigenvalue weighted by Gasteiger charge is 2.46. The highest BCUT2D eigenvalue weighted by atomic mass is 16.5. The lowest BCUT2D eigenvalue weighted by molar-refractivity contribution is 0.100. The van der Waals surface area contributed by atoms with Crippen LogP contribution in [0.25, 0.3) is 33.0 Å². The summed E-state index contributed by atoms with van der Waals surface area (Å²) in [7, 11) is 0. The number of amides is 1. The molecule has 0 saturated carbocycles. The molecular formula is C52H34N4O2. The third kappa shape index (κ3) is 6.33. The van der Waals surface area contributed by atoms with Crippen LogP contribution in [0.3, 0.4) is 0 Å². The van der Waals surface area contributed by atoms with Gasteiger partial charge < -0.3 is 4.74 Å². The van der Waals surface area contributed by atoms with Gasteiger partial charge in [-0.15, -0.1) is 0 Å². The van der Waals surface area contributed by atoms with Gasteiger partial charge in [-0.3, -0.25) is 4.79 Å². The van der Waals surface area contributed by atoms with E-state index >= 15 is 0 Å². The highest BCUT2D eigenvalue weighted by Crippen LogP contribution is 2.40. The number of carbonyl (C=O) groups is 1. The second kappa shape index (κ2) is 14.7. The first-order chi connectivity index (χ1) is 28.6. The van der Waals surface area contributed by atoms with E-state index in [1.54, 1.807) is 12.1 Å². The van der Waals surface area contributed by atoms with E-state index in [1.807, 2.05) is 121 Å². The molecule has 5 aliphatic rings. The van der Waals surface area contributed by atoms with E-state index in [0.29, 0.717) is 28.2 Å². The van der Waals surface area contributed by atoms with Crippen molar-refractivity contribution < 1.29 is 9.53 Å². The molecule has 0 radical (unpaired) electrons. The lowest BCUT2D eigenvalue weighted by Crippen LogP contribution is -2.38. The van der Waals surface area contributed by atoms with Crippen molar-refractivity contribution in [1.29, 1.82) is 0 Å². The average Bonchev–Trinajstić information content (AvgIpc) is 3.69. The number of rotatable bonds is 4. The molecule has 0 aromatic heterocycles. The van der Waals surface area contributed by atoms with Crippen molar-refractivity contribution in [3.63, 3.8) is 0 Å². The lowest BCUT2D eigenvalue weighted by atomic mass is 9.91. The van der Waals surface area contributed by atoms with Crippen LogP contribution in [0.2, 0.25) is 0 Å². The monoisotopic (exact) mass is 746 g/mol. The van der Waals surface area contributed by atoms with Crippen molar-refractivity contribution in [2.24, 2.45) is 20.0 Å². The van der Waals surface area contributed by atoms with E-state index < -0.39 is 11.6 Å². The summed E-state index contributed by atoms with van der Waals surface area (Å²) in [6.45, 7) is 0. The van der Waals surface area contributed by atoms with Crippen molar-refractivity contribution in [1.82, 2.24) is 0 Å². The third-order valence-corrected chi connectivity index (χ3v) is 10.5. The molecule has 0 saturated heterocycles. The zero-order valence-electron chi connectivity index (χ0n) is 31.2. The molecular weight excluding hydrogens is 713 g/mol. The molecule has 6 nitrogen and oxygen atoms in total. The van der Waals surface area contributed by atoms with Gasteiger partial charge in [0.1, 0.15) is 5.71 Å². The molecule has 13 rings (SSSR count).